The van der Waals surface area contributed by atoms with E-state index in [1.807, 2.05) is 6.07 Å². The Morgan fingerprint density at radius 1 is 1.21 bits per heavy atom. The van der Waals surface area contributed by atoms with Crippen molar-refractivity contribution in [1.29, 1.82) is 0 Å². The first kappa shape index (κ1) is 26.4. The second-order valence-electron chi connectivity index (χ2n) is 11.8. The normalized spacial score (nSPS) is 32.9. The predicted molar refractivity (Wildman–Crippen MR) is 139 cm³/mol. The summed E-state index contributed by atoms with van der Waals surface area (Å²) >= 11 is 0. The maximum absolute atomic E-state index is 13.5. The molecule has 0 aromatic heterocycles. The molecule has 2 N–H and O–H groups in total. The van der Waals surface area contributed by atoms with E-state index in [4.69, 9.17) is 4.74 Å². The second kappa shape index (κ2) is 8.86. The minimum absolute atomic E-state index is 0.0559. The fourth-order valence-corrected chi connectivity index (χ4v) is 8.27. The fourth-order valence-electron chi connectivity index (χ4n) is 8.27. The summed E-state index contributed by atoms with van der Waals surface area (Å²) in [5, 5.41) is 23.5. The number of halogens is 3. The third kappa shape index (κ3) is 3.58. The summed E-state index contributed by atoms with van der Waals surface area (Å²) in [6, 6.07) is 8.12. The first-order valence-corrected chi connectivity index (χ1v) is 13.8. The number of phenolic OH excluding ortho intramolecular Hbond substituents is 1. The van der Waals surface area contributed by atoms with Gasteiger partial charge in [0, 0.05) is 25.1 Å². The van der Waals surface area contributed by atoms with Crippen LogP contribution in [0.15, 0.2) is 36.4 Å². The summed E-state index contributed by atoms with van der Waals surface area (Å²) in [4.78, 5) is 17.5. The van der Waals surface area contributed by atoms with Crippen molar-refractivity contribution in [3.63, 3.8) is 0 Å². The molecule has 3 unspecified atom stereocenters. The smallest absolute Gasteiger partial charge is 0.416 e. The van der Waals surface area contributed by atoms with E-state index in [9.17, 15) is 28.2 Å². The molecule has 6 nitrogen and oxygen atoms in total. The van der Waals surface area contributed by atoms with Crippen molar-refractivity contribution < 1.29 is 32.9 Å². The number of aryl methyl sites for hydroxylation is 1. The predicted octanol–water partition coefficient (Wildman–Crippen LogP) is 4.29. The molecule has 6 atom stereocenters. The summed E-state index contributed by atoms with van der Waals surface area (Å²) in [7, 11) is 3.82. The number of carbonyl (C=O) groups is 1. The molecule has 2 aromatic carbocycles. The van der Waals surface area contributed by atoms with Crippen molar-refractivity contribution in [2.75, 3.05) is 20.6 Å². The zero-order valence-corrected chi connectivity index (χ0v) is 22.5. The van der Waals surface area contributed by atoms with E-state index in [1.165, 1.54) is 12.1 Å². The Hall–Kier alpha value is -2.78. The van der Waals surface area contributed by atoms with E-state index in [1.54, 1.807) is 18.0 Å². The summed E-state index contributed by atoms with van der Waals surface area (Å²) in [6.07, 6.45) is -1.80. The highest BCUT2D eigenvalue weighted by Gasteiger charge is 2.75. The van der Waals surface area contributed by atoms with Gasteiger partial charge in [0.15, 0.2) is 11.5 Å². The van der Waals surface area contributed by atoms with E-state index >= 15 is 0 Å². The Morgan fingerprint density at radius 3 is 2.59 bits per heavy atom. The average molecular weight is 545 g/mol. The van der Waals surface area contributed by atoms with Crippen LogP contribution in [0, 0.1) is 5.92 Å². The number of hydrogen-bond acceptors (Lipinski definition) is 5. The van der Waals surface area contributed by atoms with Gasteiger partial charge in [-0.3, -0.25) is 4.79 Å². The number of amides is 1. The van der Waals surface area contributed by atoms with Gasteiger partial charge >= 0.3 is 6.18 Å². The number of alkyl halides is 3. The van der Waals surface area contributed by atoms with Gasteiger partial charge in [0.25, 0.3) is 0 Å². The molecule has 1 saturated heterocycles. The number of aliphatic hydroxyl groups is 1. The number of ether oxygens (including phenoxy) is 1. The Kier molecular flexibility index (Phi) is 6.01. The number of likely N-dealkylation sites (tertiary alicyclic amines) is 1. The number of hydrogen-bond donors (Lipinski definition) is 2. The first-order chi connectivity index (χ1) is 18.4. The minimum Gasteiger partial charge on any atom is -0.504 e. The van der Waals surface area contributed by atoms with Crippen LogP contribution < -0.4 is 4.74 Å². The van der Waals surface area contributed by atoms with Crippen LogP contribution in [0.25, 0.3) is 0 Å². The lowest BCUT2D eigenvalue weighted by Gasteiger charge is -2.67. The van der Waals surface area contributed by atoms with Gasteiger partial charge in [0.1, 0.15) is 6.10 Å². The molecule has 6 rings (SSSR count). The summed E-state index contributed by atoms with van der Waals surface area (Å²) in [5.41, 5.74) is 0.145. The molecular formula is C30H35F3N2O4. The van der Waals surface area contributed by atoms with Crippen LogP contribution >= 0.6 is 0 Å². The number of aromatic hydroxyl groups is 1. The third-order valence-corrected chi connectivity index (χ3v) is 10.2. The van der Waals surface area contributed by atoms with Gasteiger partial charge < -0.3 is 24.7 Å². The van der Waals surface area contributed by atoms with Crippen LogP contribution in [0.2, 0.25) is 0 Å². The number of phenols is 1. The standard InChI is InChI=1S/C30H35F3N2O4/c1-4-19-16-21(35(3)24(37)12-7-17-5-9-20(10-6-17)30(31,32)33)27-28-13-14-34(2)23(29(19,28)38)15-18-8-11-22(36)26(39-27)25(18)28/h5-6,8-11,19,21,23,27,36,38H,4,7,12-16H2,1-3H3/t19?,21?,23-,27?,28+,29-/m1/s1. The Labute approximate surface area is 226 Å². The molecule has 2 bridgehead atoms. The van der Waals surface area contributed by atoms with Gasteiger partial charge in [0.2, 0.25) is 5.91 Å². The van der Waals surface area contributed by atoms with Gasteiger partial charge in [-0.1, -0.05) is 31.5 Å². The van der Waals surface area contributed by atoms with E-state index < -0.39 is 28.9 Å². The van der Waals surface area contributed by atoms with Gasteiger partial charge in [-0.2, -0.15) is 13.2 Å². The minimum atomic E-state index is -4.40. The summed E-state index contributed by atoms with van der Waals surface area (Å²) in [6.45, 7) is 2.85. The van der Waals surface area contributed by atoms with Crippen LogP contribution in [0.3, 0.4) is 0 Å². The van der Waals surface area contributed by atoms with Crippen LogP contribution in [0.4, 0.5) is 13.2 Å². The van der Waals surface area contributed by atoms with Crippen LogP contribution in [-0.4, -0.2) is 70.3 Å². The lowest BCUT2D eigenvalue weighted by molar-refractivity contribution is -0.225. The Bertz CT molecular complexity index is 1300. The summed E-state index contributed by atoms with van der Waals surface area (Å²) < 4.78 is 45.3. The number of carbonyl (C=O) groups excluding carboxylic acids is 1. The molecule has 0 radical (unpaired) electrons. The molecule has 1 spiro atoms. The average Bonchev–Trinajstić information content (AvgIpc) is 3.26. The Morgan fingerprint density at radius 2 is 1.92 bits per heavy atom. The molecule has 2 aromatic rings. The van der Waals surface area contributed by atoms with Crippen molar-refractivity contribution in [1.82, 2.24) is 9.80 Å². The largest absolute Gasteiger partial charge is 0.504 e. The topological polar surface area (TPSA) is 73.2 Å². The molecule has 2 aliphatic heterocycles. The lowest BCUT2D eigenvalue weighted by atomic mass is 9.45. The first-order valence-electron chi connectivity index (χ1n) is 13.8. The van der Waals surface area contributed by atoms with Crippen LogP contribution in [0.5, 0.6) is 11.5 Å². The quantitative estimate of drug-likeness (QED) is 0.588. The number of benzene rings is 2. The van der Waals surface area contributed by atoms with E-state index in [2.05, 4.69) is 18.9 Å². The maximum atomic E-state index is 13.5. The van der Waals surface area contributed by atoms with Crippen LogP contribution in [0.1, 0.15) is 54.9 Å². The SMILES string of the molecule is CCC1CC(N(C)C(=O)CCc2ccc(C(F)(F)F)cc2)C2Oc3c(O)ccc4c3[C@@]23CCN(C)[C@H](C4)[C@]13O. The van der Waals surface area contributed by atoms with E-state index in [0.29, 0.717) is 37.0 Å². The summed E-state index contributed by atoms with van der Waals surface area (Å²) in [5.74, 6) is 0.286. The zero-order chi connectivity index (χ0) is 27.9. The molecule has 1 amide bonds. The molecule has 1 saturated carbocycles. The maximum Gasteiger partial charge on any atom is 0.416 e. The van der Waals surface area contributed by atoms with E-state index in [0.717, 1.165) is 36.2 Å². The van der Waals surface area contributed by atoms with E-state index in [-0.39, 0.29) is 36.1 Å². The number of rotatable bonds is 5. The number of likely N-dealkylation sites (N-methyl/N-ethyl adjacent to an activating group) is 2. The second-order valence-corrected chi connectivity index (χ2v) is 11.8. The van der Waals surface area contributed by atoms with Crippen molar-refractivity contribution >= 4 is 5.91 Å². The van der Waals surface area contributed by atoms with Crippen molar-refractivity contribution in [2.45, 2.75) is 80.8 Å². The van der Waals surface area contributed by atoms with Crippen molar-refractivity contribution in [3.8, 4) is 11.5 Å². The molecule has 39 heavy (non-hydrogen) atoms. The van der Waals surface area contributed by atoms with Gasteiger partial charge in [-0.15, -0.1) is 0 Å². The van der Waals surface area contributed by atoms with Crippen LogP contribution in [-0.2, 0) is 29.2 Å². The van der Waals surface area contributed by atoms with Gasteiger partial charge in [-0.05, 0) is 74.5 Å². The van der Waals surface area contributed by atoms with Crippen molar-refractivity contribution in [2.24, 2.45) is 5.92 Å². The fraction of sp³-hybridized carbons (Fsp3) is 0.567. The van der Waals surface area contributed by atoms with Crippen molar-refractivity contribution in [3.05, 3.63) is 58.7 Å². The molecule has 2 fully saturated rings. The number of nitrogens with zero attached hydrogens (tertiary/aromatic N) is 2. The third-order valence-electron chi connectivity index (χ3n) is 10.2. The molecule has 2 heterocycles. The lowest BCUT2D eigenvalue weighted by Crippen LogP contribution is -2.80. The monoisotopic (exact) mass is 544 g/mol. The highest BCUT2D eigenvalue weighted by Crippen LogP contribution is 2.67. The van der Waals surface area contributed by atoms with Gasteiger partial charge in [0.05, 0.1) is 22.6 Å². The number of piperidine rings is 1. The molecule has 9 heteroatoms. The zero-order valence-electron chi connectivity index (χ0n) is 22.5. The molecule has 4 aliphatic rings. The Balaban J connectivity index is 1.31. The highest BCUT2D eigenvalue weighted by atomic mass is 19.4. The molecular weight excluding hydrogens is 509 g/mol. The van der Waals surface area contributed by atoms with Gasteiger partial charge in [-0.25, -0.2) is 0 Å². The highest BCUT2D eigenvalue weighted by molar-refractivity contribution is 5.77. The molecule has 210 valence electrons. The molecule has 2 aliphatic carbocycles.